The SMILES string of the molecule is Cc1ccccc1-c1ccccc1C1CCNC1. The minimum atomic E-state index is 0.667. The fourth-order valence-corrected chi connectivity index (χ4v) is 2.89. The van der Waals surface area contributed by atoms with Gasteiger partial charge in [0.15, 0.2) is 0 Å². The monoisotopic (exact) mass is 237 g/mol. The van der Waals surface area contributed by atoms with Crippen molar-refractivity contribution in [2.75, 3.05) is 13.1 Å². The van der Waals surface area contributed by atoms with Crippen molar-refractivity contribution >= 4 is 0 Å². The maximum absolute atomic E-state index is 3.46. The molecule has 0 bridgehead atoms. The average molecular weight is 237 g/mol. The molecule has 2 aromatic carbocycles. The van der Waals surface area contributed by atoms with Gasteiger partial charge in [0.05, 0.1) is 0 Å². The highest BCUT2D eigenvalue weighted by Crippen LogP contribution is 2.33. The predicted molar refractivity (Wildman–Crippen MR) is 76.8 cm³/mol. The quantitative estimate of drug-likeness (QED) is 0.839. The number of hydrogen-bond donors (Lipinski definition) is 1. The Balaban J connectivity index is 2.09. The third-order valence-corrected chi connectivity index (χ3v) is 3.90. The molecule has 1 heteroatoms. The van der Waals surface area contributed by atoms with Gasteiger partial charge in [-0.3, -0.25) is 0 Å². The third-order valence-electron chi connectivity index (χ3n) is 3.90. The molecule has 18 heavy (non-hydrogen) atoms. The summed E-state index contributed by atoms with van der Waals surface area (Å²) in [5, 5.41) is 3.46. The molecular formula is C17H19N. The van der Waals surface area contributed by atoms with Gasteiger partial charge in [-0.2, -0.15) is 0 Å². The van der Waals surface area contributed by atoms with Gasteiger partial charge in [0.2, 0.25) is 0 Å². The van der Waals surface area contributed by atoms with Crippen LogP contribution >= 0.6 is 0 Å². The van der Waals surface area contributed by atoms with Gasteiger partial charge in [-0.25, -0.2) is 0 Å². The average Bonchev–Trinajstić information content (AvgIpc) is 2.93. The van der Waals surface area contributed by atoms with E-state index in [1.807, 2.05) is 0 Å². The molecule has 1 aliphatic rings. The van der Waals surface area contributed by atoms with Gasteiger partial charge in [0, 0.05) is 6.54 Å². The third kappa shape index (κ3) is 2.06. The molecule has 0 radical (unpaired) electrons. The number of benzene rings is 2. The fraction of sp³-hybridized carbons (Fsp3) is 0.294. The minimum Gasteiger partial charge on any atom is -0.316 e. The first-order chi connectivity index (χ1) is 8.86. The van der Waals surface area contributed by atoms with Crippen molar-refractivity contribution in [1.29, 1.82) is 0 Å². The van der Waals surface area contributed by atoms with E-state index in [1.165, 1.54) is 28.7 Å². The molecule has 1 atom stereocenters. The Hall–Kier alpha value is -1.60. The van der Waals surface area contributed by atoms with Crippen LogP contribution in [-0.2, 0) is 0 Å². The lowest BCUT2D eigenvalue weighted by molar-refractivity contribution is 0.765. The lowest BCUT2D eigenvalue weighted by Crippen LogP contribution is -2.08. The van der Waals surface area contributed by atoms with Gasteiger partial charge in [-0.15, -0.1) is 0 Å². The van der Waals surface area contributed by atoms with Crippen molar-refractivity contribution in [1.82, 2.24) is 5.32 Å². The summed E-state index contributed by atoms with van der Waals surface area (Å²) in [5.41, 5.74) is 5.64. The van der Waals surface area contributed by atoms with Gasteiger partial charge < -0.3 is 5.32 Å². The smallest absolute Gasteiger partial charge is 0.00208 e. The van der Waals surface area contributed by atoms with E-state index in [0.29, 0.717) is 5.92 Å². The normalized spacial score (nSPS) is 19.1. The maximum atomic E-state index is 3.46. The highest BCUT2D eigenvalue weighted by Gasteiger charge is 2.19. The van der Waals surface area contributed by atoms with Crippen LogP contribution in [0.1, 0.15) is 23.5 Å². The first-order valence-electron chi connectivity index (χ1n) is 6.72. The van der Waals surface area contributed by atoms with E-state index in [0.717, 1.165) is 13.1 Å². The molecule has 1 unspecified atom stereocenters. The Bertz CT molecular complexity index is 539. The fourth-order valence-electron chi connectivity index (χ4n) is 2.89. The first kappa shape index (κ1) is 11.5. The van der Waals surface area contributed by atoms with Crippen molar-refractivity contribution < 1.29 is 0 Å². The summed E-state index contributed by atoms with van der Waals surface area (Å²) in [6, 6.07) is 17.5. The Labute approximate surface area is 109 Å². The molecule has 1 heterocycles. The molecule has 2 aromatic rings. The van der Waals surface area contributed by atoms with E-state index < -0.39 is 0 Å². The lowest BCUT2D eigenvalue weighted by Gasteiger charge is -2.16. The zero-order valence-corrected chi connectivity index (χ0v) is 10.8. The van der Waals surface area contributed by atoms with Crippen LogP contribution in [0.2, 0.25) is 0 Å². The van der Waals surface area contributed by atoms with Crippen molar-refractivity contribution in [3.05, 3.63) is 59.7 Å². The van der Waals surface area contributed by atoms with Crippen molar-refractivity contribution in [3.63, 3.8) is 0 Å². The Morgan fingerprint density at radius 2 is 1.67 bits per heavy atom. The highest BCUT2D eigenvalue weighted by molar-refractivity contribution is 5.71. The van der Waals surface area contributed by atoms with Gasteiger partial charge in [0.1, 0.15) is 0 Å². The van der Waals surface area contributed by atoms with Crippen LogP contribution in [0, 0.1) is 6.92 Å². The number of aryl methyl sites for hydroxylation is 1. The number of rotatable bonds is 2. The van der Waals surface area contributed by atoms with Crippen molar-refractivity contribution in [2.45, 2.75) is 19.3 Å². The molecule has 1 saturated heterocycles. The van der Waals surface area contributed by atoms with E-state index >= 15 is 0 Å². The second-order valence-corrected chi connectivity index (χ2v) is 5.09. The van der Waals surface area contributed by atoms with Crippen molar-refractivity contribution in [2.24, 2.45) is 0 Å². The van der Waals surface area contributed by atoms with Crippen molar-refractivity contribution in [3.8, 4) is 11.1 Å². The Kier molecular flexibility index (Phi) is 3.16. The van der Waals surface area contributed by atoms with Crippen LogP contribution in [0.3, 0.4) is 0 Å². The molecule has 0 aliphatic carbocycles. The summed E-state index contributed by atoms with van der Waals surface area (Å²) in [5.74, 6) is 0.667. The van der Waals surface area contributed by atoms with E-state index in [9.17, 15) is 0 Å². The Morgan fingerprint density at radius 3 is 2.39 bits per heavy atom. The molecule has 0 saturated carbocycles. The summed E-state index contributed by atoms with van der Waals surface area (Å²) in [7, 11) is 0. The molecule has 0 spiro atoms. The van der Waals surface area contributed by atoms with E-state index in [-0.39, 0.29) is 0 Å². The van der Waals surface area contributed by atoms with Crippen LogP contribution in [0.15, 0.2) is 48.5 Å². The van der Waals surface area contributed by atoms with Crippen LogP contribution in [0.4, 0.5) is 0 Å². The summed E-state index contributed by atoms with van der Waals surface area (Å²) in [4.78, 5) is 0. The summed E-state index contributed by atoms with van der Waals surface area (Å²) in [6.07, 6.45) is 1.25. The lowest BCUT2D eigenvalue weighted by atomic mass is 9.88. The van der Waals surface area contributed by atoms with Crippen LogP contribution in [-0.4, -0.2) is 13.1 Å². The minimum absolute atomic E-state index is 0.667. The van der Waals surface area contributed by atoms with Crippen LogP contribution in [0.5, 0.6) is 0 Å². The molecule has 1 aliphatic heterocycles. The summed E-state index contributed by atoms with van der Waals surface area (Å²) < 4.78 is 0. The summed E-state index contributed by atoms with van der Waals surface area (Å²) in [6.45, 7) is 4.45. The van der Waals surface area contributed by atoms with E-state index in [4.69, 9.17) is 0 Å². The molecule has 0 amide bonds. The molecule has 1 nitrogen and oxygen atoms in total. The summed E-state index contributed by atoms with van der Waals surface area (Å²) >= 11 is 0. The second kappa shape index (κ2) is 4.95. The zero-order valence-electron chi connectivity index (χ0n) is 10.8. The Morgan fingerprint density at radius 1 is 0.944 bits per heavy atom. The zero-order chi connectivity index (χ0) is 12.4. The second-order valence-electron chi connectivity index (χ2n) is 5.09. The van der Waals surface area contributed by atoms with Gasteiger partial charge in [-0.05, 0) is 48.1 Å². The van der Waals surface area contributed by atoms with Gasteiger partial charge in [0.25, 0.3) is 0 Å². The van der Waals surface area contributed by atoms with Crippen LogP contribution in [0.25, 0.3) is 11.1 Å². The maximum Gasteiger partial charge on any atom is 0.00208 e. The van der Waals surface area contributed by atoms with E-state index in [2.05, 4.69) is 60.8 Å². The molecule has 0 aromatic heterocycles. The molecular weight excluding hydrogens is 218 g/mol. The largest absolute Gasteiger partial charge is 0.316 e. The van der Waals surface area contributed by atoms with Gasteiger partial charge >= 0.3 is 0 Å². The topological polar surface area (TPSA) is 12.0 Å². The molecule has 3 rings (SSSR count). The standard InChI is InChI=1S/C17H19N/c1-13-6-2-3-7-15(13)17-9-5-4-8-16(17)14-10-11-18-12-14/h2-9,14,18H,10-12H2,1H3. The number of hydrogen-bond acceptors (Lipinski definition) is 1. The molecule has 1 N–H and O–H groups in total. The number of nitrogens with one attached hydrogen (secondary N) is 1. The predicted octanol–water partition coefficient (Wildman–Crippen LogP) is 3.74. The molecule has 1 fully saturated rings. The molecule has 92 valence electrons. The first-order valence-corrected chi connectivity index (χ1v) is 6.72. The highest BCUT2D eigenvalue weighted by atomic mass is 14.9. The van der Waals surface area contributed by atoms with Gasteiger partial charge in [-0.1, -0.05) is 48.5 Å². The van der Waals surface area contributed by atoms with Crippen LogP contribution < -0.4 is 5.32 Å². The van der Waals surface area contributed by atoms with E-state index in [1.54, 1.807) is 0 Å².